The number of carboxylic acid groups (broad SMARTS) is 1. The second-order valence-electron chi connectivity index (χ2n) is 4.27. The third kappa shape index (κ3) is 4.28. The SMILES string of the molecule is CCC(CCCC(=O)c1ccc(F)cc1)C(=O)O. The fourth-order valence-corrected chi connectivity index (χ4v) is 1.79. The molecule has 0 saturated carbocycles. The molecular formula is C14H17FO3. The minimum Gasteiger partial charge on any atom is -0.481 e. The average Bonchev–Trinajstić information content (AvgIpc) is 2.34. The smallest absolute Gasteiger partial charge is 0.306 e. The molecule has 0 aliphatic heterocycles. The summed E-state index contributed by atoms with van der Waals surface area (Å²) < 4.78 is 12.7. The van der Waals surface area contributed by atoms with Gasteiger partial charge in [0, 0.05) is 12.0 Å². The van der Waals surface area contributed by atoms with Crippen LogP contribution in [0.5, 0.6) is 0 Å². The van der Waals surface area contributed by atoms with Crippen LogP contribution in [-0.4, -0.2) is 16.9 Å². The third-order valence-electron chi connectivity index (χ3n) is 2.96. The predicted molar refractivity (Wildman–Crippen MR) is 66.0 cm³/mol. The maximum absolute atomic E-state index is 12.7. The van der Waals surface area contributed by atoms with Crippen molar-refractivity contribution in [3.05, 3.63) is 35.6 Å². The zero-order valence-corrected chi connectivity index (χ0v) is 10.4. The molecule has 0 fully saturated rings. The maximum Gasteiger partial charge on any atom is 0.306 e. The Kier molecular flexibility index (Phi) is 5.49. The fraction of sp³-hybridized carbons (Fsp3) is 0.429. The van der Waals surface area contributed by atoms with Crippen molar-refractivity contribution in [1.29, 1.82) is 0 Å². The van der Waals surface area contributed by atoms with Crippen LogP contribution in [0, 0.1) is 11.7 Å². The Morgan fingerprint density at radius 1 is 1.28 bits per heavy atom. The summed E-state index contributed by atoms with van der Waals surface area (Å²) in [6, 6.07) is 5.40. The molecule has 0 aliphatic rings. The van der Waals surface area contributed by atoms with Crippen LogP contribution in [0.25, 0.3) is 0 Å². The summed E-state index contributed by atoms with van der Waals surface area (Å²) in [7, 11) is 0. The van der Waals surface area contributed by atoms with E-state index < -0.39 is 5.97 Å². The van der Waals surface area contributed by atoms with Gasteiger partial charge in [0.05, 0.1) is 5.92 Å². The minimum atomic E-state index is -0.813. The van der Waals surface area contributed by atoms with E-state index in [1.54, 1.807) is 0 Å². The first-order valence-electron chi connectivity index (χ1n) is 6.06. The van der Waals surface area contributed by atoms with Crippen molar-refractivity contribution in [2.24, 2.45) is 5.92 Å². The lowest BCUT2D eigenvalue weighted by Gasteiger charge is -2.08. The van der Waals surface area contributed by atoms with Crippen LogP contribution in [0.15, 0.2) is 24.3 Å². The topological polar surface area (TPSA) is 54.4 Å². The molecule has 0 saturated heterocycles. The van der Waals surface area contributed by atoms with Crippen LogP contribution in [0.3, 0.4) is 0 Å². The molecule has 1 atom stereocenters. The molecule has 0 amide bonds. The average molecular weight is 252 g/mol. The second-order valence-corrected chi connectivity index (χ2v) is 4.27. The highest BCUT2D eigenvalue weighted by Crippen LogP contribution is 2.15. The van der Waals surface area contributed by atoms with Crippen LogP contribution in [0.4, 0.5) is 4.39 Å². The molecule has 0 aromatic heterocycles. The van der Waals surface area contributed by atoms with Crippen LogP contribution < -0.4 is 0 Å². The highest BCUT2D eigenvalue weighted by molar-refractivity contribution is 5.95. The summed E-state index contributed by atoms with van der Waals surface area (Å²) in [5, 5.41) is 8.86. The molecule has 0 radical (unpaired) electrons. The zero-order valence-electron chi connectivity index (χ0n) is 10.4. The van der Waals surface area contributed by atoms with E-state index >= 15 is 0 Å². The first-order valence-corrected chi connectivity index (χ1v) is 6.06. The van der Waals surface area contributed by atoms with E-state index in [0.717, 1.165) is 0 Å². The van der Waals surface area contributed by atoms with E-state index in [1.165, 1.54) is 24.3 Å². The molecule has 0 heterocycles. The number of benzene rings is 1. The number of hydrogen-bond acceptors (Lipinski definition) is 2. The van der Waals surface area contributed by atoms with Gasteiger partial charge in [0.2, 0.25) is 0 Å². The highest BCUT2D eigenvalue weighted by atomic mass is 19.1. The largest absolute Gasteiger partial charge is 0.481 e. The van der Waals surface area contributed by atoms with Crippen molar-refractivity contribution < 1.29 is 19.1 Å². The van der Waals surface area contributed by atoms with E-state index in [1.807, 2.05) is 6.92 Å². The Bertz CT molecular complexity index is 412. The summed E-state index contributed by atoms with van der Waals surface area (Å²) in [6.07, 6.45) is 1.91. The predicted octanol–water partition coefficient (Wildman–Crippen LogP) is 3.29. The molecule has 18 heavy (non-hydrogen) atoms. The van der Waals surface area contributed by atoms with Crippen LogP contribution in [-0.2, 0) is 4.79 Å². The number of halogens is 1. The fourth-order valence-electron chi connectivity index (χ4n) is 1.79. The van der Waals surface area contributed by atoms with Crippen molar-refractivity contribution >= 4 is 11.8 Å². The molecule has 98 valence electrons. The summed E-state index contributed by atoms with van der Waals surface area (Å²) >= 11 is 0. The number of ketones is 1. The summed E-state index contributed by atoms with van der Waals surface area (Å²) in [4.78, 5) is 22.5. The van der Waals surface area contributed by atoms with E-state index in [2.05, 4.69) is 0 Å². The number of carboxylic acids is 1. The van der Waals surface area contributed by atoms with Crippen molar-refractivity contribution in [1.82, 2.24) is 0 Å². The molecule has 1 rings (SSSR count). The van der Waals surface area contributed by atoms with E-state index in [0.29, 0.717) is 31.2 Å². The molecule has 0 bridgehead atoms. The Balaban J connectivity index is 2.42. The van der Waals surface area contributed by atoms with Gasteiger partial charge in [-0.2, -0.15) is 0 Å². The Morgan fingerprint density at radius 2 is 1.89 bits per heavy atom. The van der Waals surface area contributed by atoms with Gasteiger partial charge in [0.15, 0.2) is 5.78 Å². The van der Waals surface area contributed by atoms with Crippen molar-refractivity contribution in [3.63, 3.8) is 0 Å². The minimum absolute atomic E-state index is 0.0739. The normalized spacial score (nSPS) is 12.1. The number of carbonyl (C=O) groups is 2. The van der Waals surface area contributed by atoms with Crippen molar-refractivity contribution in [3.8, 4) is 0 Å². The molecule has 0 aliphatic carbocycles. The van der Waals surface area contributed by atoms with Gasteiger partial charge in [-0.1, -0.05) is 6.92 Å². The molecular weight excluding hydrogens is 235 g/mol. The van der Waals surface area contributed by atoms with Gasteiger partial charge in [0.25, 0.3) is 0 Å². The maximum atomic E-state index is 12.7. The molecule has 4 heteroatoms. The summed E-state index contributed by atoms with van der Waals surface area (Å²) in [5.41, 5.74) is 0.472. The molecule has 1 aromatic carbocycles. The lowest BCUT2D eigenvalue weighted by molar-refractivity contribution is -0.142. The van der Waals surface area contributed by atoms with Crippen LogP contribution >= 0.6 is 0 Å². The monoisotopic (exact) mass is 252 g/mol. The van der Waals surface area contributed by atoms with Crippen LogP contribution in [0.2, 0.25) is 0 Å². The molecule has 1 aromatic rings. The van der Waals surface area contributed by atoms with Gasteiger partial charge in [-0.15, -0.1) is 0 Å². The Labute approximate surface area is 106 Å². The van der Waals surface area contributed by atoms with Gasteiger partial charge >= 0.3 is 5.97 Å². The van der Waals surface area contributed by atoms with Gasteiger partial charge in [-0.25, -0.2) is 4.39 Å². The Morgan fingerprint density at radius 3 is 2.39 bits per heavy atom. The quantitative estimate of drug-likeness (QED) is 0.757. The van der Waals surface area contributed by atoms with E-state index in [9.17, 15) is 14.0 Å². The van der Waals surface area contributed by atoms with Gasteiger partial charge < -0.3 is 5.11 Å². The number of rotatable bonds is 7. The lowest BCUT2D eigenvalue weighted by Crippen LogP contribution is -2.13. The Hall–Kier alpha value is -1.71. The molecule has 3 nitrogen and oxygen atoms in total. The van der Waals surface area contributed by atoms with E-state index in [4.69, 9.17) is 5.11 Å². The van der Waals surface area contributed by atoms with Gasteiger partial charge in [0.1, 0.15) is 5.82 Å². The van der Waals surface area contributed by atoms with E-state index in [-0.39, 0.29) is 17.5 Å². The number of carbonyl (C=O) groups excluding carboxylic acids is 1. The molecule has 0 spiro atoms. The first kappa shape index (κ1) is 14.4. The third-order valence-corrected chi connectivity index (χ3v) is 2.96. The van der Waals surface area contributed by atoms with Crippen molar-refractivity contribution in [2.45, 2.75) is 32.6 Å². The van der Waals surface area contributed by atoms with Crippen molar-refractivity contribution in [2.75, 3.05) is 0 Å². The standard InChI is InChI=1S/C14H17FO3/c1-2-10(14(17)18)4-3-5-13(16)11-6-8-12(15)9-7-11/h6-10H,2-5H2,1H3,(H,17,18). The number of aliphatic carboxylic acids is 1. The number of hydrogen-bond donors (Lipinski definition) is 1. The highest BCUT2D eigenvalue weighted by Gasteiger charge is 2.15. The molecule has 1 N–H and O–H groups in total. The zero-order chi connectivity index (χ0) is 13.5. The van der Waals surface area contributed by atoms with Gasteiger partial charge in [-0.05, 0) is 43.5 Å². The second kappa shape index (κ2) is 6.89. The van der Waals surface area contributed by atoms with Crippen LogP contribution in [0.1, 0.15) is 43.0 Å². The molecule has 1 unspecified atom stereocenters. The lowest BCUT2D eigenvalue weighted by atomic mass is 9.97. The summed E-state index contributed by atoms with van der Waals surface area (Å²) in [5.74, 6) is -1.64. The van der Waals surface area contributed by atoms with Gasteiger partial charge in [-0.3, -0.25) is 9.59 Å². The summed E-state index contributed by atoms with van der Waals surface area (Å²) in [6.45, 7) is 1.82. The first-order chi connectivity index (χ1) is 8.54. The number of Topliss-reactive ketones (excluding diaryl/α,β-unsaturated/α-hetero) is 1.